The molecule has 0 atom stereocenters. The van der Waals surface area contributed by atoms with Gasteiger partial charge in [-0.1, -0.05) is 12.1 Å². The van der Waals surface area contributed by atoms with E-state index >= 15 is 0 Å². The maximum Gasteiger partial charge on any atom is 0.254 e. The molecule has 0 aliphatic carbocycles. The molecule has 1 amide bonds. The standard InChI is InChI=1S/C15H20INO3/c1-11-3-2-4-13(14(11)16)15(19)17-7-5-12(6-8-17)20-10-9-18/h2-4,12,18H,5-10H2,1H3. The highest BCUT2D eigenvalue weighted by molar-refractivity contribution is 14.1. The largest absolute Gasteiger partial charge is 0.394 e. The van der Waals surface area contributed by atoms with Gasteiger partial charge in [0, 0.05) is 16.7 Å². The minimum absolute atomic E-state index is 0.0562. The molecule has 110 valence electrons. The Bertz CT molecular complexity index is 470. The number of halogens is 1. The van der Waals surface area contributed by atoms with Gasteiger partial charge in [-0.05, 0) is 54.0 Å². The molecule has 1 saturated heterocycles. The van der Waals surface area contributed by atoms with Crippen LogP contribution in [-0.2, 0) is 4.74 Å². The minimum atomic E-state index is 0.0562. The van der Waals surface area contributed by atoms with E-state index in [-0.39, 0.29) is 18.6 Å². The molecule has 1 aliphatic heterocycles. The molecule has 5 heteroatoms. The molecule has 2 rings (SSSR count). The number of hydrogen-bond donors (Lipinski definition) is 1. The Morgan fingerprint density at radius 3 is 2.80 bits per heavy atom. The Labute approximate surface area is 133 Å². The number of aliphatic hydroxyl groups is 1. The van der Waals surface area contributed by atoms with Crippen molar-refractivity contribution in [2.24, 2.45) is 0 Å². The molecule has 1 N–H and O–H groups in total. The number of rotatable bonds is 4. The van der Waals surface area contributed by atoms with Gasteiger partial charge in [-0.3, -0.25) is 4.79 Å². The molecule has 0 saturated carbocycles. The Morgan fingerprint density at radius 1 is 1.45 bits per heavy atom. The number of aliphatic hydroxyl groups excluding tert-OH is 1. The molecule has 1 heterocycles. The van der Waals surface area contributed by atoms with E-state index in [0.29, 0.717) is 6.61 Å². The number of aryl methyl sites for hydroxylation is 1. The van der Waals surface area contributed by atoms with Crippen LogP contribution in [0.2, 0.25) is 0 Å². The molecule has 0 radical (unpaired) electrons. The first kappa shape index (κ1) is 15.7. The molecular weight excluding hydrogens is 369 g/mol. The van der Waals surface area contributed by atoms with Crippen molar-refractivity contribution in [2.75, 3.05) is 26.3 Å². The van der Waals surface area contributed by atoms with Crippen LogP contribution in [-0.4, -0.2) is 48.3 Å². The maximum absolute atomic E-state index is 12.5. The fourth-order valence-electron chi connectivity index (χ4n) is 2.43. The lowest BCUT2D eigenvalue weighted by Gasteiger charge is -2.32. The van der Waals surface area contributed by atoms with Crippen molar-refractivity contribution in [3.8, 4) is 0 Å². The number of nitrogens with zero attached hydrogens (tertiary/aromatic N) is 1. The van der Waals surface area contributed by atoms with Crippen LogP contribution < -0.4 is 0 Å². The third-order valence-electron chi connectivity index (χ3n) is 3.60. The molecule has 20 heavy (non-hydrogen) atoms. The first-order chi connectivity index (χ1) is 9.63. The van der Waals surface area contributed by atoms with Crippen molar-refractivity contribution in [1.82, 2.24) is 4.90 Å². The molecule has 1 aromatic rings. The summed E-state index contributed by atoms with van der Waals surface area (Å²) in [4.78, 5) is 14.4. The maximum atomic E-state index is 12.5. The first-order valence-corrected chi connectivity index (χ1v) is 7.98. The summed E-state index contributed by atoms with van der Waals surface area (Å²) in [7, 11) is 0. The van der Waals surface area contributed by atoms with Crippen molar-refractivity contribution < 1.29 is 14.6 Å². The van der Waals surface area contributed by atoms with Crippen LogP contribution >= 0.6 is 22.6 Å². The summed E-state index contributed by atoms with van der Waals surface area (Å²) in [5.41, 5.74) is 1.93. The molecule has 0 aromatic heterocycles. The zero-order valence-electron chi connectivity index (χ0n) is 11.6. The topological polar surface area (TPSA) is 49.8 Å². The third-order valence-corrected chi connectivity index (χ3v) is 5.03. The second-order valence-corrected chi connectivity index (χ2v) is 6.10. The Morgan fingerprint density at radius 2 is 2.15 bits per heavy atom. The number of carbonyl (C=O) groups excluding carboxylic acids is 1. The van der Waals surface area contributed by atoms with Gasteiger partial charge in [-0.25, -0.2) is 0 Å². The molecule has 0 spiro atoms. The van der Waals surface area contributed by atoms with E-state index in [1.54, 1.807) is 0 Å². The summed E-state index contributed by atoms with van der Waals surface area (Å²) in [6.07, 6.45) is 1.85. The summed E-state index contributed by atoms with van der Waals surface area (Å²) in [6, 6.07) is 5.85. The van der Waals surface area contributed by atoms with Gasteiger partial charge < -0.3 is 14.7 Å². The highest BCUT2D eigenvalue weighted by Crippen LogP contribution is 2.21. The molecule has 0 bridgehead atoms. The fraction of sp³-hybridized carbons (Fsp3) is 0.533. The van der Waals surface area contributed by atoms with Crippen LogP contribution in [0.3, 0.4) is 0 Å². The van der Waals surface area contributed by atoms with Crippen LogP contribution in [0.25, 0.3) is 0 Å². The Balaban J connectivity index is 1.96. The lowest BCUT2D eigenvalue weighted by molar-refractivity contribution is -0.00556. The van der Waals surface area contributed by atoms with Gasteiger partial charge in [0.25, 0.3) is 5.91 Å². The fourth-order valence-corrected chi connectivity index (χ4v) is 3.02. The van der Waals surface area contributed by atoms with E-state index in [2.05, 4.69) is 22.6 Å². The summed E-state index contributed by atoms with van der Waals surface area (Å²) < 4.78 is 6.56. The van der Waals surface area contributed by atoms with Crippen LogP contribution in [0.1, 0.15) is 28.8 Å². The lowest BCUT2D eigenvalue weighted by atomic mass is 10.1. The number of piperidine rings is 1. The van der Waals surface area contributed by atoms with Crippen LogP contribution in [0.15, 0.2) is 18.2 Å². The number of amides is 1. The molecule has 1 aromatic carbocycles. The highest BCUT2D eigenvalue weighted by Gasteiger charge is 2.25. The van der Waals surface area contributed by atoms with E-state index in [0.717, 1.165) is 40.6 Å². The normalized spacial score (nSPS) is 16.4. The van der Waals surface area contributed by atoms with E-state index in [1.807, 2.05) is 30.0 Å². The average Bonchev–Trinajstić information content (AvgIpc) is 2.48. The van der Waals surface area contributed by atoms with Crippen molar-refractivity contribution in [1.29, 1.82) is 0 Å². The Kier molecular flexibility index (Phi) is 5.80. The smallest absolute Gasteiger partial charge is 0.254 e. The number of ether oxygens (including phenoxy) is 1. The molecule has 1 aliphatic rings. The van der Waals surface area contributed by atoms with Crippen LogP contribution in [0.5, 0.6) is 0 Å². The van der Waals surface area contributed by atoms with E-state index in [1.165, 1.54) is 0 Å². The predicted octanol–water partition coefficient (Wildman–Crippen LogP) is 2.21. The predicted molar refractivity (Wildman–Crippen MR) is 85.9 cm³/mol. The molecule has 4 nitrogen and oxygen atoms in total. The summed E-state index contributed by atoms with van der Waals surface area (Å²) in [5.74, 6) is 0.110. The Hall–Kier alpha value is -0.660. The number of likely N-dealkylation sites (tertiary alicyclic amines) is 1. The van der Waals surface area contributed by atoms with Gasteiger partial charge in [-0.2, -0.15) is 0 Å². The number of hydrogen-bond acceptors (Lipinski definition) is 3. The quantitative estimate of drug-likeness (QED) is 0.804. The van der Waals surface area contributed by atoms with Gasteiger partial charge in [0.1, 0.15) is 0 Å². The van der Waals surface area contributed by atoms with Crippen LogP contribution in [0.4, 0.5) is 0 Å². The summed E-state index contributed by atoms with van der Waals surface area (Å²) in [6.45, 7) is 3.90. The number of carbonyl (C=O) groups is 1. The third kappa shape index (κ3) is 3.71. The van der Waals surface area contributed by atoms with E-state index < -0.39 is 0 Å². The lowest BCUT2D eigenvalue weighted by Crippen LogP contribution is -2.41. The monoisotopic (exact) mass is 389 g/mol. The van der Waals surface area contributed by atoms with Gasteiger partial charge in [-0.15, -0.1) is 0 Å². The second kappa shape index (κ2) is 7.38. The summed E-state index contributed by atoms with van der Waals surface area (Å²) in [5, 5.41) is 8.75. The molecular formula is C15H20INO3. The SMILES string of the molecule is Cc1cccc(C(=O)N2CCC(OCCO)CC2)c1I. The van der Waals surface area contributed by atoms with Gasteiger partial charge in [0.15, 0.2) is 0 Å². The first-order valence-electron chi connectivity index (χ1n) is 6.90. The van der Waals surface area contributed by atoms with Gasteiger partial charge in [0.05, 0.1) is 24.9 Å². The molecule has 0 unspecified atom stereocenters. The van der Waals surface area contributed by atoms with Gasteiger partial charge >= 0.3 is 0 Å². The van der Waals surface area contributed by atoms with Crippen molar-refractivity contribution >= 4 is 28.5 Å². The minimum Gasteiger partial charge on any atom is -0.394 e. The summed E-state index contributed by atoms with van der Waals surface area (Å²) >= 11 is 2.24. The van der Waals surface area contributed by atoms with Crippen molar-refractivity contribution in [2.45, 2.75) is 25.9 Å². The van der Waals surface area contributed by atoms with E-state index in [9.17, 15) is 4.79 Å². The number of benzene rings is 1. The van der Waals surface area contributed by atoms with E-state index in [4.69, 9.17) is 9.84 Å². The highest BCUT2D eigenvalue weighted by atomic mass is 127. The zero-order chi connectivity index (χ0) is 14.5. The van der Waals surface area contributed by atoms with Crippen molar-refractivity contribution in [3.63, 3.8) is 0 Å². The second-order valence-electron chi connectivity index (χ2n) is 5.02. The molecule has 1 fully saturated rings. The average molecular weight is 389 g/mol. The van der Waals surface area contributed by atoms with Gasteiger partial charge in [0.2, 0.25) is 0 Å². The van der Waals surface area contributed by atoms with Crippen LogP contribution in [0, 0.1) is 10.5 Å². The zero-order valence-corrected chi connectivity index (χ0v) is 13.8. The van der Waals surface area contributed by atoms with Crippen molar-refractivity contribution in [3.05, 3.63) is 32.9 Å².